The van der Waals surface area contributed by atoms with Gasteiger partial charge < -0.3 is 5.73 Å². The number of thiazole rings is 1. The van der Waals surface area contributed by atoms with Crippen molar-refractivity contribution in [2.75, 3.05) is 5.73 Å². The van der Waals surface area contributed by atoms with Crippen molar-refractivity contribution < 1.29 is 0 Å². The van der Waals surface area contributed by atoms with E-state index in [0.29, 0.717) is 11.5 Å². The molecule has 0 fully saturated rings. The fourth-order valence-corrected chi connectivity index (χ4v) is 2.78. The quantitative estimate of drug-likeness (QED) is 0.765. The van der Waals surface area contributed by atoms with E-state index in [1.807, 2.05) is 45.0 Å². The first-order valence-corrected chi connectivity index (χ1v) is 7.63. The van der Waals surface area contributed by atoms with Gasteiger partial charge in [-0.25, -0.2) is 15.0 Å². The first-order valence-electron chi connectivity index (χ1n) is 6.81. The van der Waals surface area contributed by atoms with Crippen molar-refractivity contribution in [2.24, 2.45) is 0 Å². The monoisotopic (exact) mass is 298 g/mol. The summed E-state index contributed by atoms with van der Waals surface area (Å²) in [7, 11) is 0. The van der Waals surface area contributed by atoms with Gasteiger partial charge in [0.1, 0.15) is 10.7 Å². The summed E-state index contributed by atoms with van der Waals surface area (Å²) < 4.78 is 0. The largest absolute Gasteiger partial charge is 0.382 e. The Bertz CT molecular complexity index is 777. The molecule has 2 aromatic heterocycles. The molecule has 0 atom stereocenters. The smallest absolute Gasteiger partial charge is 0.153 e. The molecule has 0 amide bonds. The standard InChI is InChI=1S/C14H12N4S.C2H6/c1-3-9-8(2)19-14(18-9)12-13(15)17-11-7-5-4-6-10(11)16-12;1-2/h3-7H,1H2,2H3,(H2,15,17);1-2H3. The number of aryl methyl sites for hydroxylation is 1. The number of anilines is 1. The summed E-state index contributed by atoms with van der Waals surface area (Å²) in [6.07, 6.45) is 1.74. The van der Waals surface area contributed by atoms with Gasteiger partial charge in [0.2, 0.25) is 0 Å². The molecule has 0 aliphatic carbocycles. The van der Waals surface area contributed by atoms with E-state index in [1.54, 1.807) is 17.4 Å². The molecule has 0 aliphatic rings. The number of rotatable bonds is 2. The molecule has 1 aromatic carbocycles. The molecule has 0 aliphatic heterocycles. The Kier molecular flexibility index (Phi) is 4.65. The van der Waals surface area contributed by atoms with Gasteiger partial charge in [0.05, 0.1) is 16.7 Å². The normalized spacial score (nSPS) is 10.0. The van der Waals surface area contributed by atoms with Gasteiger partial charge in [-0.05, 0) is 25.1 Å². The van der Waals surface area contributed by atoms with Crippen LogP contribution in [-0.2, 0) is 0 Å². The molecule has 21 heavy (non-hydrogen) atoms. The summed E-state index contributed by atoms with van der Waals surface area (Å²) >= 11 is 1.55. The third-order valence-corrected chi connectivity index (χ3v) is 3.82. The fraction of sp³-hybridized carbons (Fsp3) is 0.188. The van der Waals surface area contributed by atoms with Crippen LogP contribution in [0.4, 0.5) is 5.82 Å². The zero-order valence-electron chi connectivity index (χ0n) is 12.4. The van der Waals surface area contributed by atoms with Crippen molar-refractivity contribution in [3.63, 3.8) is 0 Å². The van der Waals surface area contributed by atoms with Gasteiger partial charge in [-0.2, -0.15) is 0 Å². The van der Waals surface area contributed by atoms with Crippen LogP contribution >= 0.6 is 11.3 Å². The van der Waals surface area contributed by atoms with Crippen LogP contribution < -0.4 is 5.73 Å². The van der Waals surface area contributed by atoms with Crippen LogP contribution in [-0.4, -0.2) is 15.0 Å². The summed E-state index contributed by atoms with van der Waals surface area (Å²) in [6, 6.07) is 7.66. The summed E-state index contributed by atoms with van der Waals surface area (Å²) in [6.45, 7) is 9.75. The Hall–Kier alpha value is -2.27. The predicted octanol–water partition coefficient (Wildman–Crippen LogP) is 4.31. The van der Waals surface area contributed by atoms with Crippen molar-refractivity contribution in [3.8, 4) is 10.7 Å². The molecular weight excluding hydrogens is 280 g/mol. The number of nitrogens with two attached hydrogens (primary N) is 1. The zero-order valence-corrected chi connectivity index (χ0v) is 13.2. The molecule has 5 heteroatoms. The van der Waals surface area contributed by atoms with Crippen LogP contribution in [0.3, 0.4) is 0 Å². The van der Waals surface area contributed by atoms with E-state index in [2.05, 4.69) is 21.5 Å². The van der Waals surface area contributed by atoms with Crippen LogP contribution in [0.15, 0.2) is 30.8 Å². The number of benzene rings is 1. The molecule has 0 unspecified atom stereocenters. The summed E-state index contributed by atoms with van der Waals surface area (Å²) in [4.78, 5) is 14.5. The van der Waals surface area contributed by atoms with E-state index in [0.717, 1.165) is 26.6 Å². The zero-order chi connectivity index (χ0) is 15.4. The number of aromatic nitrogens is 3. The second-order valence-electron chi connectivity index (χ2n) is 4.11. The highest BCUT2D eigenvalue weighted by atomic mass is 32.1. The van der Waals surface area contributed by atoms with Crippen molar-refractivity contribution in [2.45, 2.75) is 20.8 Å². The lowest BCUT2D eigenvalue weighted by Gasteiger charge is -2.03. The SMILES string of the molecule is C=Cc1nc(-c2nc3ccccc3nc2N)sc1C.CC. The van der Waals surface area contributed by atoms with Gasteiger partial charge >= 0.3 is 0 Å². The van der Waals surface area contributed by atoms with Crippen LogP contribution in [0.25, 0.3) is 27.8 Å². The van der Waals surface area contributed by atoms with Gasteiger partial charge in [0.25, 0.3) is 0 Å². The number of fused-ring (bicyclic) bond motifs is 1. The number of hydrogen-bond acceptors (Lipinski definition) is 5. The predicted molar refractivity (Wildman–Crippen MR) is 91.2 cm³/mol. The number of hydrogen-bond donors (Lipinski definition) is 1. The molecule has 0 spiro atoms. The number of nitrogen functional groups attached to an aromatic ring is 1. The molecule has 108 valence electrons. The topological polar surface area (TPSA) is 64.7 Å². The first-order chi connectivity index (χ1) is 10.2. The third kappa shape index (κ3) is 2.92. The van der Waals surface area contributed by atoms with Crippen molar-refractivity contribution >= 4 is 34.3 Å². The maximum atomic E-state index is 5.99. The second-order valence-corrected chi connectivity index (χ2v) is 5.31. The van der Waals surface area contributed by atoms with Gasteiger partial charge in [-0.15, -0.1) is 11.3 Å². The minimum atomic E-state index is 0.406. The Morgan fingerprint density at radius 3 is 2.29 bits per heavy atom. The Morgan fingerprint density at radius 1 is 1.10 bits per heavy atom. The molecule has 0 saturated carbocycles. The minimum Gasteiger partial charge on any atom is -0.382 e. The van der Waals surface area contributed by atoms with E-state index in [1.165, 1.54) is 0 Å². The number of nitrogens with zero attached hydrogens (tertiary/aromatic N) is 3. The van der Waals surface area contributed by atoms with E-state index < -0.39 is 0 Å². The highest BCUT2D eigenvalue weighted by Crippen LogP contribution is 2.30. The second kappa shape index (κ2) is 6.45. The summed E-state index contributed by atoms with van der Waals surface area (Å²) in [5.41, 5.74) is 9.11. The van der Waals surface area contributed by atoms with Gasteiger partial charge in [0, 0.05) is 4.88 Å². The molecule has 0 radical (unpaired) electrons. The molecule has 0 saturated heterocycles. The van der Waals surface area contributed by atoms with E-state index in [9.17, 15) is 0 Å². The Labute approximate surface area is 128 Å². The lowest BCUT2D eigenvalue weighted by Crippen LogP contribution is -1.98. The van der Waals surface area contributed by atoms with Crippen LogP contribution in [0.2, 0.25) is 0 Å². The van der Waals surface area contributed by atoms with E-state index in [4.69, 9.17) is 5.73 Å². The van der Waals surface area contributed by atoms with Crippen molar-refractivity contribution in [3.05, 3.63) is 41.4 Å². The lowest BCUT2D eigenvalue weighted by molar-refractivity contribution is 1.26. The molecule has 0 bridgehead atoms. The van der Waals surface area contributed by atoms with Crippen molar-refractivity contribution in [1.82, 2.24) is 15.0 Å². The maximum Gasteiger partial charge on any atom is 0.153 e. The molecule has 4 nitrogen and oxygen atoms in total. The Morgan fingerprint density at radius 2 is 1.71 bits per heavy atom. The van der Waals surface area contributed by atoms with Crippen molar-refractivity contribution in [1.29, 1.82) is 0 Å². The van der Waals surface area contributed by atoms with Crippen LogP contribution in [0.5, 0.6) is 0 Å². The van der Waals surface area contributed by atoms with Crippen LogP contribution in [0, 0.1) is 6.92 Å². The summed E-state index contributed by atoms with van der Waals surface area (Å²) in [5.74, 6) is 0.406. The lowest BCUT2D eigenvalue weighted by atomic mass is 10.3. The van der Waals surface area contributed by atoms with Gasteiger partial charge in [0.15, 0.2) is 5.82 Å². The Balaban J connectivity index is 0.000000774. The van der Waals surface area contributed by atoms with Gasteiger partial charge in [-0.1, -0.05) is 32.6 Å². The van der Waals surface area contributed by atoms with Gasteiger partial charge in [-0.3, -0.25) is 0 Å². The van der Waals surface area contributed by atoms with Crippen LogP contribution in [0.1, 0.15) is 24.4 Å². The highest BCUT2D eigenvalue weighted by molar-refractivity contribution is 7.15. The maximum absolute atomic E-state index is 5.99. The molecule has 3 rings (SSSR count). The summed E-state index contributed by atoms with van der Waals surface area (Å²) in [5, 5.41) is 0.781. The molecule has 2 heterocycles. The fourth-order valence-electron chi connectivity index (χ4n) is 1.87. The van der Waals surface area contributed by atoms with E-state index >= 15 is 0 Å². The highest BCUT2D eigenvalue weighted by Gasteiger charge is 2.13. The minimum absolute atomic E-state index is 0.406. The van der Waals surface area contributed by atoms with E-state index in [-0.39, 0.29) is 0 Å². The average molecular weight is 298 g/mol. The number of para-hydroxylation sites is 2. The average Bonchev–Trinajstić information content (AvgIpc) is 2.89. The molecular formula is C16H18N4S. The molecule has 2 N–H and O–H groups in total. The first kappa shape index (κ1) is 15.1. The molecule has 3 aromatic rings. The third-order valence-electron chi connectivity index (χ3n) is 2.83.